The van der Waals surface area contributed by atoms with Gasteiger partial charge in [0.05, 0.1) is 5.56 Å². The third-order valence-corrected chi connectivity index (χ3v) is 4.75. The number of amides is 1. The maximum absolute atomic E-state index is 12.9. The molecule has 0 bridgehead atoms. The van der Waals surface area contributed by atoms with Gasteiger partial charge in [-0.1, -0.05) is 24.3 Å². The number of hydrogen-bond acceptors (Lipinski definition) is 2. The van der Waals surface area contributed by atoms with Gasteiger partial charge in [-0.05, 0) is 49.1 Å². The van der Waals surface area contributed by atoms with Gasteiger partial charge in [0.25, 0.3) is 5.91 Å². The van der Waals surface area contributed by atoms with E-state index in [0.717, 1.165) is 24.5 Å². The second kappa shape index (κ2) is 6.10. The molecule has 3 nitrogen and oxygen atoms in total. The van der Waals surface area contributed by atoms with Crippen LogP contribution in [0.1, 0.15) is 39.9 Å². The van der Waals surface area contributed by atoms with Gasteiger partial charge in [-0.15, -0.1) is 0 Å². The molecule has 2 aromatic carbocycles. The molecule has 0 spiro atoms. The Bertz CT molecular complexity index is 811. The van der Waals surface area contributed by atoms with Gasteiger partial charge in [0.2, 0.25) is 0 Å². The predicted octanol–water partition coefficient (Wildman–Crippen LogP) is 4.06. The molecule has 0 atom stereocenters. The summed E-state index contributed by atoms with van der Waals surface area (Å²) in [7, 11) is 0. The number of carbonyl (C=O) groups is 1. The van der Waals surface area contributed by atoms with Gasteiger partial charge in [0.15, 0.2) is 0 Å². The van der Waals surface area contributed by atoms with E-state index in [9.17, 15) is 18.0 Å². The number of aryl methyl sites for hydroxylation is 1. The summed E-state index contributed by atoms with van der Waals surface area (Å²) in [5.41, 5.74) is 7.05. The number of rotatable bonds is 4. The monoisotopic (exact) mass is 348 g/mol. The van der Waals surface area contributed by atoms with Crippen LogP contribution in [-0.4, -0.2) is 12.5 Å². The van der Waals surface area contributed by atoms with Crippen molar-refractivity contribution in [3.63, 3.8) is 0 Å². The van der Waals surface area contributed by atoms with Crippen molar-refractivity contribution in [3.8, 4) is 0 Å². The van der Waals surface area contributed by atoms with Crippen molar-refractivity contribution in [1.29, 1.82) is 0 Å². The number of nitrogen functional groups attached to an aromatic ring is 1. The van der Waals surface area contributed by atoms with Crippen LogP contribution in [0.25, 0.3) is 0 Å². The molecule has 1 aliphatic rings. The van der Waals surface area contributed by atoms with Crippen LogP contribution in [0.4, 0.5) is 18.9 Å². The van der Waals surface area contributed by atoms with Crippen LogP contribution in [-0.2, 0) is 11.6 Å². The molecule has 3 rings (SSSR count). The standard InChI is InChI=1S/C19H19F3N2O/c1-12-5-6-15(23)10-16(12)17(25)24-11-18(7-8-18)13-3-2-4-14(9-13)19(20,21)22/h2-6,9-10H,7-8,11,23H2,1H3,(H,24,25). The van der Waals surface area contributed by atoms with Crippen LogP contribution in [0.3, 0.4) is 0 Å². The number of halogens is 3. The van der Waals surface area contributed by atoms with E-state index in [1.165, 1.54) is 12.1 Å². The average Bonchev–Trinajstić information content (AvgIpc) is 3.35. The fourth-order valence-electron chi connectivity index (χ4n) is 2.97. The van der Waals surface area contributed by atoms with Crippen molar-refractivity contribution in [2.75, 3.05) is 12.3 Å². The lowest BCUT2D eigenvalue weighted by atomic mass is 9.94. The minimum atomic E-state index is -4.37. The van der Waals surface area contributed by atoms with Gasteiger partial charge in [0.1, 0.15) is 0 Å². The highest BCUT2D eigenvalue weighted by Crippen LogP contribution is 2.48. The number of anilines is 1. The maximum atomic E-state index is 12.9. The lowest BCUT2D eigenvalue weighted by Crippen LogP contribution is -2.32. The normalized spacial score (nSPS) is 15.7. The number of benzene rings is 2. The largest absolute Gasteiger partial charge is 0.416 e. The van der Waals surface area contributed by atoms with Crippen molar-refractivity contribution >= 4 is 11.6 Å². The summed E-state index contributed by atoms with van der Waals surface area (Å²) in [4.78, 5) is 12.4. The van der Waals surface area contributed by atoms with Crippen molar-refractivity contribution in [3.05, 3.63) is 64.7 Å². The number of hydrogen-bond donors (Lipinski definition) is 2. The van der Waals surface area contributed by atoms with E-state index in [0.29, 0.717) is 23.4 Å². The zero-order valence-corrected chi connectivity index (χ0v) is 13.8. The van der Waals surface area contributed by atoms with E-state index in [2.05, 4.69) is 5.32 Å². The summed E-state index contributed by atoms with van der Waals surface area (Å²) < 4.78 is 38.7. The number of nitrogens with two attached hydrogens (primary N) is 1. The first-order chi connectivity index (χ1) is 11.7. The number of nitrogens with one attached hydrogen (secondary N) is 1. The smallest absolute Gasteiger partial charge is 0.399 e. The lowest BCUT2D eigenvalue weighted by molar-refractivity contribution is -0.137. The SMILES string of the molecule is Cc1ccc(N)cc1C(=O)NCC1(c2cccc(C(F)(F)F)c2)CC1. The Morgan fingerprint density at radius 3 is 2.56 bits per heavy atom. The highest BCUT2D eigenvalue weighted by molar-refractivity contribution is 5.96. The molecule has 0 aromatic heterocycles. The van der Waals surface area contributed by atoms with E-state index in [4.69, 9.17) is 5.73 Å². The van der Waals surface area contributed by atoms with E-state index >= 15 is 0 Å². The van der Waals surface area contributed by atoms with Crippen LogP contribution < -0.4 is 11.1 Å². The Hall–Kier alpha value is -2.50. The Labute approximate surface area is 144 Å². The molecule has 0 radical (unpaired) electrons. The van der Waals surface area contributed by atoms with E-state index in [1.807, 2.05) is 6.92 Å². The Kier molecular flexibility index (Phi) is 4.22. The fraction of sp³-hybridized carbons (Fsp3) is 0.316. The first-order valence-electron chi connectivity index (χ1n) is 8.03. The lowest BCUT2D eigenvalue weighted by Gasteiger charge is -2.19. The zero-order chi connectivity index (χ0) is 18.2. The van der Waals surface area contributed by atoms with Gasteiger partial charge in [-0.2, -0.15) is 13.2 Å². The Balaban J connectivity index is 1.75. The summed E-state index contributed by atoms with van der Waals surface area (Å²) >= 11 is 0. The molecule has 0 aliphatic heterocycles. The molecular weight excluding hydrogens is 329 g/mol. The first kappa shape index (κ1) is 17.3. The van der Waals surface area contributed by atoms with Gasteiger partial charge in [0, 0.05) is 23.2 Å². The van der Waals surface area contributed by atoms with Gasteiger partial charge in [-0.25, -0.2) is 0 Å². The fourth-order valence-corrected chi connectivity index (χ4v) is 2.97. The van der Waals surface area contributed by atoms with Gasteiger partial charge >= 0.3 is 6.18 Å². The molecule has 25 heavy (non-hydrogen) atoms. The summed E-state index contributed by atoms with van der Waals surface area (Å²) in [6.07, 6.45) is -2.86. The molecule has 0 heterocycles. The molecule has 132 valence electrons. The second-order valence-electron chi connectivity index (χ2n) is 6.62. The van der Waals surface area contributed by atoms with Crippen LogP contribution in [0.15, 0.2) is 42.5 Å². The zero-order valence-electron chi connectivity index (χ0n) is 13.8. The molecule has 1 saturated carbocycles. The minimum Gasteiger partial charge on any atom is -0.399 e. The predicted molar refractivity (Wildman–Crippen MR) is 90.3 cm³/mol. The molecule has 2 aromatic rings. The molecule has 1 amide bonds. The van der Waals surface area contributed by atoms with E-state index in [-0.39, 0.29) is 5.91 Å². The second-order valence-corrected chi connectivity index (χ2v) is 6.62. The highest BCUT2D eigenvalue weighted by atomic mass is 19.4. The molecular formula is C19H19F3N2O. The molecule has 1 aliphatic carbocycles. The minimum absolute atomic E-state index is 0.261. The summed E-state index contributed by atoms with van der Waals surface area (Å²) in [5, 5.41) is 2.85. The van der Waals surface area contributed by atoms with Crippen LogP contribution in [0, 0.1) is 6.92 Å². The Morgan fingerprint density at radius 1 is 1.20 bits per heavy atom. The number of alkyl halides is 3. The summed E-state index contributed by atoms with van der Waals surface area (Å²) in [6.45, 7) is 2.12. The van der Waals surface area contributed by atoms with Crippen molar-refractivity contribution in [1.82, 2.24) is 5.32 Å². The molecule has 1 fully saturated rings. The third-order valence-electron chi connectivity index (χ3n) is 4.75. The van der Waals surface area contributed by atoms with Crippen LogP contribution >= 0.6 is 0 Å². The van der Waals surface area contributed by atoms with Crippen molar-refractivity contribution in [2.45, 2.75) is 31.4 Å². The highest BCUT2D eigenvalue weighted by Gasteiger charge is 2.45. The third kappa shape index (κ3) is 3.62. The van der Waals surface area contributed by atoms with Gasteiger partial charge < -0.3 is 11.1 Å². The molecule has 0 saturated heterocycles. The van der Waals surface area contributed by atoms with Crippen molar-refractivity contribution in [2.24, 2.45) is 0 Å². The number of carbonyl (C=O) groups excluding carboxylic acids is 1. The molecule has 6 heteroatoms. The first-order valence-corrected chi connectivity index (χ1v) is 8.03. The molecule has 3 N–H and O–H groups in total. The van der Waals surface area contributed by atoms with Crippen LogP contribution in [0.2, 0.25) is 0 Å². The topological polar surface area (TPSA) is 55.1 Å². The van der Waals surface area contributed by atoms with Crippen molar-refractivity contribution < 1.29 is 18.0 Å². The summed E-state index contributed by atoms with van der Waals surface area (Å²) in [6, 6.07) is 10.5. The quantitative estimate of drug-likeness (QED) is 0.819. The van der Waals surface area contributed by atoms with E-state index < -0.39 is 17.2 Å². The van der Waals surface area contributed by atoms with Crippen LogP contribution in [0.5, 0.6) is 0 Å². The maximum Gasteiger partial charge on any atom is 0.416 e. The average molecular weight is 348 g/mol. The summed E-state index contributed by atoms with van der Waals surface area (Å²) in [5.74, 6) is -0.261. The molecule has 0 unspecified atom stereocenters. The van der Waals surface area contributed by atoms with Gasteiger partial charge in [-0.3, -0.25) is 4.79 Å². The Morgan fingerprint density at radius 2 is 1.92 bits per heavy atom. The van der Waals surface area contributed by atoms with E-state index in [1.54, 1.807) is 24.3 Å².